The third kappa shape index (κ3) is 5.40. The first kappa shape index (κ1) is 41.0. The van der Waals surface area contributed by atoms with Crippen LogP contribution < -0.4 is 0 Å². The van der Waals surface area contributed by atoms with Crippen LogP contribution in [0.1, 0.15) is 27.8 Å². The molecule has 0 spiro atoms. The summed E-state index contributed by atoms with van der Waals surface area (Å²) in [5, 5.41) is 59.4. The maximum Gasteiger partial charge on any atom is 0.237 e. The predicted octanol–water partition coefficient (Wildman–Crippen LogP) is 15.3. The summed E-state index contributed by atoms with van der Waals surface area (Å²) < 4.78 is 31.4. The fraction of sp³-hybridized carbons (Fsp3) is 0. The lowest BCUT2D eigenvalue weighted by molar-refractivity contribution is 0.668. The van der Waals surface area contributed by atoms with Crippen molar-refractivity contribution in [2.24, 2.45) is 0 Å². The van der Waals surface area contributed by atoms with Gasteiger partial charge >= 0.3 is 0 Å². The van der Waals surface area contributed by atoms with E-state index in [0.717, 1.165) is 64.6 Å². The average Bonchev–Trinajstić information content (AvgIpc) is 4.50. The summed E-state index contributed by atoms with van der Waals surface area (Å²) in [5.41, 5.74) is 10.8. The Labute approximate surface area is 425 Å². The standard InChI is InChI=1S/C63H25N9O4/c64-26-31-1-7-36(8-2-31)49-25-54(71-55-37(9-13-41-45-21-32(27-65)3-17-50(45)73-59(41)55)38-10-14-42-46-22-33(28-66)4-18-51(46)74-60(42)56(38)71)70-63(69-49)72-57-39(11-15-43-47-23-34(29-67)5-19-52(47)75-61(43)57)40-12-16-44-48-24-35(30-68)6-20-53(48)76-62(44)58(40)72/h1-25H. The van der Waals surface area contributed by atoms with Crippen LogP contribution in [0.5, 0.6) is 0 Å². The number of nitrogens with zero attached hydrogens (tertiary/aromatic N) is 9. The highest BCUT2D eigenvalue weighted by Crippen LogP contribution is 2.47. The molecule has 0 unspecified atom stereocenters. The number of benzene rings is 9. The minimum atomic E-state index is 0.231. The highest BCUT2D eigenvalue weighted by atomic mass is 16.3. The Morgan fingerprint density at radius 2 is 0.618 bits per heavy atom. The van der Waals surface area contributed by atoms with E-state index in [1.807, 2.05) is 100 Å². The smallest absolute Gasteiger partial charge is 0.237 e. The molecule has 7 aromatic heterocycles. The molecule has 0 aliphatic heterocycles. The van der Waals surface area contributed by atoms with Crippen LogP contribution >= 0.6 is 0 Å². The highest BCUT2D eigenvalue weighted by molar-refractivity contribution is 6.28. The summed E-state index contributed by atoms with van der Waals surface area (Å²) in [7, 11) is 0. The quantitative estimate of drug-likeness (QED) is 0.163. The zero-order chi connectivity index (χ0) is 50.7. The molecule has 346 valence electrons. The van der Waals surface area contributed by atoms with Crippen molar-refractivity contribution in [1.29, 1.82) is 26.3 Å². The van der Waals surface area contributed by atoms with E-state index in [1.54, 1.807) is 48.5 Å². The van der Waals surface area contributed by atoms with Gasteiger partial charge in [0.2, 0.25) is 5.95 Å². The van der Waals surface area contributed by atoms with Crippen LogP contribution in [0.3, 0.4) is 0 Å². The molecule has 0 amide bonds. The Morgan fingerprint density at radius 3 is 0.961 bits per heavy atom. The van der Waals surface area contributed by atoms with Crippen LogP contribution in [0.15, 0.2) is 169 Å². The largest absolute Gasteiger partial charge is 0.454 e. The van der Waals surface area contributed by atoms with Gasteiger partial charge in [-0.2, -0.15) is 31.3 Å². The number of hydrogen-bond donors (Lipinski definition) is 0. The molecule has 7 heterocycles. The molecular weight excluding hydrogens is 947 g/mol. The van der Waals surface area contributed by atoms with Gasteiger partial charge in [-0.1, -0.05) is 36.4 Å². The van der Waals surface area contributed by atoms with E-state index < -0.39 is 0 Å². The van der Waals surface area contributed by atoms with E-state index >= 15 is 0 Å². The second kappa shape index (κ2) is 14.7. The molecule has 16 aromatic rings. The third-order valence-corrected chi connectivity index (χ3v) is 14.9. The van der Waals surface area contributed by atoms with Crippen molar-refractivity contribution in [3.63, 3.8) is 0 Å². The van der Waals surface area contributed by atoms with Crippen LogP contribution in [-0.2, 0) is 0 Å². The lowest BCUT2D eigenvalue weighted by atomic mass is 10.1. The van der Waals surface area contributed by atoms with Gasteiger partial charge in [-0.05, 0) is 109 Å². The molecule has 13 nitrogen and oxygen atoms in total. The van der Waals surface area contributed by atoms with Gasteiger partial charge in [0, 0.05) is 76.3 Å². The van der Waals surface area contributed by atoms with E-state index in [1.165, 1.54) is 0 Å². The number of nitriles is 5. The molecule has 9 aromatic carbocycles. The Morgan fingerprint density at radius 1 is 0.303 bits per heavy atom. The van der Waals surface area contributed by atoms with Crippen molar-refractivity contribution in [2.45, 2.75) is 0 Å². The van der Waals surface area contributed by atoms with Gasteiger partial charge in [0.05, 0.1) is 74.9 Å². The molecular formula is C63H25N9O4. The Hall–Kier alpha value is -11.7. The number of rotatable bonds is 3. The molecule has 0 aliphatic carbocycles. The second-order valence-corrected chi connectivity index (χ2v) is 18.8. The molecule has 13 heteroatoms. The van der Waals surface area contributed by atoms with E-state index in [2.05, 4.69) is 42.5 Å². The first-order valence-electron chi connectivity index (χ1n) is 24.0. The van der Waals surface area contributed by atoms with E-state index in [4.69, 9.17) is 27.6 Å². The van der Waals surface area contributed by atoms with Crippen LogP contribution in [0, 0.1) is 56.7 Å². The van der Waals surface area contributed by atoms with Crippen molar-refractivity contribution in [3.8, 4) is 53.4 Å². The van der Waals surface area contributed by atoms with Crippen LogP contribution in [-0.4, -0.2) is 19.1 Å². The zero-order valence-electron chi connectivity index (χ0n) is 39.1. The van der Waals surface area contributed by atoms with Crippen molar-refractivity contribution in [2.75, 3.05) is 0 Å². The zero-order valence-corrected chi connectivity index (χ0v) is 39.1. The summed E-state index contributed by atoms with van der Waals surface area (Å²) in [6.45, 7) is 0. The fourth-order valence-corrected chi connectivity index (χ4v) is 11.5. The minimum absolute atomic E-state index is 0.231. The number of aromatic nitrogens is 4. The first-order chi connectivity index (χ1) is 37.4. The number of hydrogen-bond acceptors (Lipinski definition) is 11. The maximum atomic E-state index is 10.00. The molecule has 0 aliphatic rings. The molecule has 0 fully saturated rings. The second-order valence-electron chi connectivity index (χ2n) is 18.8. The fourth-order valence-electron chi connectivity index (χ4n) is 11.5. The van der Waals surface area contributed by atoms with Crippen molar-refractivity contribution < 1.29 is 17.7 Å². The molecule has 0 N–H and O–H groups in total. The van der Waals surface area contributed by atoms with Crippen molar-refractivity contribution in [3.05, 3.63) is 179 Å². The topological polar surface area (TPSA) is 207 Å². The van der Waals surface area contributed by atoms with Crippen LogP contribution in [0.2, 0.25) is 0 Å². The normalized spacial score (nSPS) is 11.9. The molecule has 76 heavy (non-hydrogen) atoms. The van der Waals surface area contributed by atoms with Crippen molar-refractivity contribution in [1.82, 2.24) is 19.1 Å². The Kier molecular flexibility index (Phi) is 7.93. The molecule has 16 rings (SSSR count). The summed E-state index contributed by atoms with van der Waals surface area (Å²) in [4.78, 5) is 11.1. The van der Waals surface area contributed by atoms with Gasteiger partial charge in [-0.3, -0.25) is 9.13 Å². The van der Waals surface area contributed by atoms with E-state index in [-0.39, 0.29) is 5.95 Å². The minimum Gasteiger partial charge on any atom is -0.454 e. The first-order valence-corrected chi connectivity index (χ1v) is 24.0. The maximum absolute atomic E-state index is 10.00. The van der Waals surface area contributed by atoms with Gasteiger partial charge in [0.25, 0.3) is 0 Å². The summed E-state index contributed by atoms with van der Waals surface area (Å²) >= 11 is 0. The van der Waals surface area contributed by atoms with Gasteiger partial charge in [-0.15, -0.1) is 0 Å². The van der Waals surface area contributed by atoms with E-state index in [9.17, 15) is 26.3 Å². The lowest BCUT2D eigenvalue weighted by Gasteiger charge is -2.14. The SMILES string of the molecule is N#Cc1ccc(-c2cc(-n3c4c(ccc5c6cc(C#N)ccc6oc54)c4ccc5c6cc(C#N)ccc6oc5c43)nc(-n3c4c(ccc5c6cc(C#N)ccc6oc54)c4ccc5c6cc(C#N)ccc6oc5c43)n2)cc1. The van der Waals surface area contributed by atoms with E-state index in [0.29, 0.717) is 112 Å². The predicted molar refractivity (Wildman–Crippen MR) is 289 cm³/mol. The lowest BCUT2D eigenvalue weighted by Crippen LogP contribution is -2.08. The van der Waals surface area contributed by atoms with Gasteiger partial charge in [-0.25, -0.2) is 4.98 Å². The number of furan rings is 4. The van der Waals surface area contributed by atoms with Gasteiger partial charge < -0.3 is 17.7 Å². The summed E-state index contributed by atoms with van der Waals surface area (Å²) in [6, 6.07) is 58.1. The van der Waals surface area contributed by atoms with Gasteiger partial charge in [0.1, 0.15) is 39.2 Å². The third-order valence-electron chi connectivity index (χ3n) is 14.9. The van der Waals surface area contributed by atoms with Crippen LogP contribution in [0.25, 0.3) is 154 Å². The molecule has 0 saturated carbocycles. The molecule has 0 atom stereocenters. The average molecular weight is 972 g/mol. The molecule has 0 bridgehead atoms. The monoisotopic (exact) mass is 971 g/mol. The molecule has 0 saturated heterocycles. The Balaban J connectivity index is 1.12. The molecule has 0 radical (unpaired) electrons. The van der Waals surface area contributed by atoms with Crippen molar-refractivity contribution >= 4 is 131 Å². The van der Waals surface area contributed by atoms with Crippen LogP contribution in [0.4, 0.5) is 0 Å². The van der Waals surface area contributed by atoms with Gasteiger partial charge in [0.15, 0.2) is 22.3 Å². The summed E-state index contributed by atoms with van der Waals surface area (Å²) in [5.74, 6) is 0.649. The Bertz CT molecular complexity index is 5000. The summed E-state index contributed by atoms with van der Waals surface area (Å²) in [6.07, 6.45) is 0. The number of fused-ring (bicyclic) bond motifs is 22. The highest BCUT2D eigenvalue weighted by Gasteiger charge is 2.28.